The number of carbonyl (C=O) groups is 1. The van der Waals surface area contributed by atoms with Gasteiger partial charge in [-0.05, 0) is 49.6 Å². The molecule has 1 atom stereocenters. The van der Waals surface area contributed by atoms with E-state index in [0.29, 0.717) is 28.3 Å². The number of hydrogen-bond acceptors (Lipinski definition) is 5. The molecule has 33 heavy (non-hydrogen) atoms. The number of nitrogens with zero attached hydrogens (tertiary/aromatic N) is 3. The normalized spacial score (nSPS) is 11.9. The maximum atomic E-state index is 13.3. The van der Waals surface area contributed by atoms with E-state index in [9.17, 15) is 9.59 Å². The predicted octanol–water partition coefficient (Wildman–Crippen LogP) is 5.20. The number of fused-ring (bicyclic) bond motifs is 1. The van der Waals surface area contributed by atoms with E-state index in [0.717, 1.165) is 12.8 Å². The van der Waals surface area contributed by atoms with Crippen LogP contribution in [0.15, 0.2) is 82.9 Å². The van der Waals surface area contributed by atoms with E-state index in [1.165, 1.54) is 17.3 Å². The number of pyridine rings is 1. The smallest absolute Gasteiger partial charge is 0.262 e. The topological polar surface area (TPSA) is 76.9 Å². The maximum Gasteiger partial charge on any atom is 0.262 e. The molecule has 2 heterocycles. The Labute approximate surface area is 201 Å². The summed E-state index contributed by atoms with van der Waals surface area (Å²) in [7, 11) is 0. The molecule has 0 spiro atoms. The fourth-order valence-corrected chi connectivity index (χ4v) is 4.55. The van der Waals surface area contributed by atoms with Crippen LogP contribution in [0.5, 0.6) is 0 Å². The zero-order valence-electron chi connectivity index (χ0n) is 18.1. The number of nitrogens with one attached hydrogen (secondary N) is 1. The van der Waals surface area contributed by atoms with Crippen molar-refractivity contribution in [3.63, 3.8) is 0 Å². The second-order valence-corrected chi connectivity index (χ2v) is 9.21. The van der Waals surface area contributed by atoms with Crippen LogP contribution >= 0.6 is 23.4 Å². The first kappa shape index (κ1) is 23.0. The zero-order chi connectivity index (χ0) is 23.2. The average molecular weight is 479 g/mol. The minimum atomic E-state index is -0.505. The molecule has 8 heteroatoms. The van der Waals surface area contributed by atoms with Gasteiger partial charge in [0.1, 0.15) is 0 Å². The van der Waals surface area contributed by atoms with Gasteiger partial charge in [0.25, 0.3) is 5.56 Å². The fraction of sp³-hybridized carbons (Fsp3) is 0.200. The second-order valence-electron chi connectivity index (χ2n) is 7.55. The molecule has 0 aliphatic carbocycles. The largest absolute Gasteiger partial charge is 0.322 e. The number of aromatic nitrogens is 3. The van der Waals surface area contributed by atoms with Gasteiger partial charge in [0.15, 0.2) is 10.3 Å². The van der Waals surface area contributed by atoms with Crippen molar-refractivity contribution in [1.29, 1.82) is 0 Å². The van der Waals surface area contributed by atoms with Crippen LogP contribution in [0, 0.1) is 0 Å². The quantitative estimate of drug-likeness (QED) is 0.214. The summed E-state index contributed by atoms with van der Waals surface area (Å²) in [5.41, 5.74) is 2.18. The first-order valence-electron chi connectivity index (χ1n) is 10.6. The Bertz CT molecular complexity index is 1330. The molecular weight excluding hydrogens is 456 g/mol. The highest BCUT2D eigenvalue weighted by Gasteiger charge is 2.20. The number of thioether (sulfide) groups is 1. The Morgan fingerprint density at radius 3 is 2.64 bits per heavy atom. The number of para-hydroxylation sites is 1. The Morgan fingerprint density at radius 1 is 1.09 bits per heavy atom. The molecule has 1 amide bonds. The van der Waals surface area contributed by atoms with Gasteiger partial charge in [-0.3, -0.25) is 14.2 Å². The highest BCUT2D eigenvalue weighted by Crippen LogP contribution is 2.25. The summed E-state index contributed by atoms with van der Waals surface area (Å²) in [5.74, 6) is -0.242. The van der Waals surface area contributed by atoms with Gasteiger partial charge in [-0.15, -0.1) is 0 Å². The molecule has 0 fully saturated rings. The van der Waals surface area contributed by atoms with Crippen molar-refractivity contribution in [2.24, 2.45) is 0 Å². The second kappa shape index (κ2) is 10.6. The Hall–Kier alpha value is -3.16. The van der Waals surface area contributed by atoms with Gasteiger partial charge < -0.3 is 5.32 Å². The van der Waals surface area contributed by atoms with Crippen LogP contribution in [0.2, 0.25) is 5.15 Å². The molecule has 1 unspecified atom stereocenters. The molecule has 2 aromatic heterocycles. The van der Waals surface area contributed by atoms with Crippen molar-refractivity contribution in [3.8, 4) is 0 Å². The van der Waals surface area contributed by atoms with E-state index in [1.807, 2.05) is 36.4 Å². The number of hydrogen-bond donors (Lipinski definition) is 1. The summed E-state index contributed by atoms with van der Waals surface area (Å²) in [6.45, 7) is 2.29. The summed E-state index contributed by atoms with van der Waals surface area (Å²) in [5, 5.41) is 3.61. The number of amides is 1. The Morgan fingerprint density at radius 2 is 1.85 bits per heavy atom. The summed E-state index contributed by atoms with van der Waals surface area (Å²) >= 11 is 7.32. The molecular formula is C25H23ClN4O2S. The van der Waals surface area contributed by atoms with Crippen molar-refractivity contribution in [3.05, 3.63) is 94.0 Å². The lowest BCUT2D eigenvalue weighted by Gasteiger charge is -2.16. The van der Waals surface area contributed by atoms with Crippen LogP contribution in [-0.4, -0.2) is 25.7 Å². The third-order valence-electron chi connectivity index (χ3n) is 5.18. The third-order valence-corrected chi connectivity index (χ3v) is 6.58. The van der Waals surface area contributed by atoms with Crippen LogP contribution in [0.1, 0.15) is 18.9 Å². The molecule has 4 rings (SSSR count). The van der Waals surface area contributed by atoms with Crippen LogP contribution in [0.3, 0.4) is 0 Å². The molecule has 1 N–H and O–H groups in total. The Kier molecular flexibility index (Phi) is 7.42. The number of carbonyl (C=O) groups excluding carboxylic acids is 1. The number of halogens is 1. The Balaban J connectivity index is 1.57. The van der Waals surface area contributed by atoms with Crippen molar-refractivity contribution >= 4 is 45.9 Å². The van der Waals surface area contributed by atoms with Gasteiger partial charge in [0.05, 0.1) is 21.8 Å². The third kappa shape index (κ3) is 5.61. The molecule has 0 aliphatic heterocycles. The molecule has 0 radical (unpaired) electrons. The summed E-state index contributed by atoms with van der Waals surface area (Å²) < 4.78 is 1.68. The van der Waals surface area contributed by atoms with Gasteiger partial charge in [-0.1, -0.05) is 65.8 Å². The van der Waals surface area contributed by atoms with E-state index in [-0.39, 0.29) is 16.6 Å². The summed E-state index contributed by atoms with van der Waals surface area (Å²) in [6.07, 6.45) is 3.19. The van der Waals surface area contributed by atoms with Crippen LogP contribution in [0.4, 0.5) is 5.69 Å². The van der Waals surface area contributed by atoms with Crippen LogP contribution in [0.25, 0.3) is 10.9 Å². The van der Waals surface area contributed by atoms with Gasteiger partial charge in [0, 0.05) is 12.7 Å². The number of aryl methyl sites for hydroxylation is 1. The first-order valence-corrected chi connectivity index (χ1v) is 11.9. The minimum Gasteiger partial charge on any atom is -0.322 e. The lowest BCUT2D eigenvalue weighted by molar-refractivity contribution is -0.115. The van der Waals surface area contributed by atoms with Gasteiger partial charge in [0.2, 0.25) is 5.91 Å². The molecule has 0 saturated carbocycles. The molecule has 6 nitrogen and oxygen atoms in total. The minimum absolute atomic E-state index is 0.0981. The molecule has 0 saturated heterocycles. The van der Waals surface area contributed by atoms with Crippen molar-refractivity contribution in [2.75, 3.05) is 5.32 Å². The molecule has 0 aliphatic rings. The lowest BCUT2D eigenvalue weighted by Crippen LogP contribution is -2.27. The van der Waals surface area contributed by atoms with Crippen LogP contribution in [-0.2, 0) is 17.8 Å². The van der Waals surface area contributed by atoms with Gasteiger partial charge >= 0.3 is 0 Å². The first-order chi connectivity index (χ1) is 16.0. The summed E-state index contributed by atoms with van der Waals surface area (Å²) in [4.78, 5) is 34.8. The van der Waals surface area contributed by atoms with E-state index in [1.54, 1.807) is 35.9 Å². The highest BCUT2D eigenvalue weighted by atomic mass is 35.5. The SMILES string of the molecule is CC(Sc1nc2ccccc2c(=O)n1CCCc1ccccc1)C(=O)Nc1cccnc1Cl. The number of benzene rings is 2. The van der Waals surface area contributed by atoms with Crippen molar-refractivity contribution in [1.82, 2.24) is 14.5 Å². The predicted molar refractivity (Wildman–Crippen MR) is 134 cm³/mol. The highest BCUT2D eigenvalue weighted by molar-refractivity contribution is 8.00. The number of anilines is 1. The fourth-order valence-electron chi connectivity index (χ4n) is 3.45. The molecule has 0 bridgehead atoms. The standard InChI is InChI=1S/C25H23ClN4O2S/c1-17(23(31)28-21-14-7-15-27-22(21)26)33-25-29-20-13-6-5-12-19(20)24(32)30(25)16-8-11-18-9-3-2-4-10-18/h2-7,9-10,12-15,17H,8,11,16H2,1H3,(H,28,31). The monoisotopic (exact) mass is 478 g/mol. The molecule has 168 valence electrons. The van der Waals surface area contributed by atoms with Gasteiger partial charge in [-0.25, -0.2) is 9.97 Å². The van der Waals surface area contributed by atoms with E-state index in [4.69, 9.17) is 16.6 Å². The van der Waals surface area contributed by atoms with Crippen molar-refractivity contribution in [2.45, 2.75) is 36.7 Å². The van der Waals surface area contributed by atoms with Crippen molar-refractivity contribution < 1.29 is 4.79 Å². The maximum absolute atomic E-state index is 13.3. The molecule has 4 aromatic rings. The number of rotatable bonds is 8. The average Bonchev–Trinajstić information content (AvgIpc) is 2.83. The van der Waals surface area contributed by atoms with Gasteiger partial charge in [-0.2, -0.15) is 0 Å². The zero-order valence-corrected chi connectivity index (χ0v) is 19.6. The van der Waals surface area contributed by atoms with E-state index in [2.05, 4.69) is 22.4 Å². The van der Waals surface area contributed by atoms with Crippen LogP contribution < -0.4 is 10.9 Å². The molecule has 2 aromatic carbocycles. The van der Waals surface area contributed by atoms with E-state index < -0.39 is 5.25 Å². The lowest BCUT2D eigenvalue weighted by atomic mass is 10.1. The van der Waals surface area contributed by atoms with E-state index >= 15 is 0 Å². The summed E-state index contributed by atoms with van der Waals surface area (Å²) in [6, 6.07) is 20.8.